The number of thiophene rings is 1. The summed E-state index contributed by atoms with van der Waals surface area (Å²) >= 11 is 1.04. The fourth-order valence-electron chi connectivity index (χ4n) is 3.58. The Labute approximate surface area is 211 Å². The third-order valence-electron chi connectivity index (χ3n) is 5.20. The Bertz CT molecular complexity index is 1260. The van der Waals surface area contributed by atoms with E-state index in [0.29, 0.717) is 22.4 Å². The fourth-order valence-corrected chi connectivity index (χ4v) is 4.88. The molecule has 0 radical (unpaired) electrons. The van der Waals surface area contributed by atoms with Gasteiger partial charge in [-0.25, -0.2) is 14.0 Å². The van der Waals surface area contributed by atoms with Crippen molar-refractivity contribution in [2.24, 2.45) is 0 Å². The van der Waals surface area contributed by atoms with E-state index in [1.54, 1.807) is 25.1 Å². The van der Waals surface area contributed by atoms with E-state index in [0.717, 1.165) is 16.2 Å². The summed E-state index contributed by atoms with van der Waals surface area (Å²) in [6.45, 7) is 1.92. The molecule has 1 amide bonds. The van der Waals surface area contributed by atoms with Gasteiger partial charge in [0.05, 0.1) is 23.6 Å². The van der Waals surface area contributed by atoms with Crippen molar-refractivity contribution in [3.63, 3.8) is 0 Å². The summed E-state index contributed by atoms with van der Waals surface area (Å²) in [5, 5.41) is 21.4. The highest BCUT2D eigenvalue weighted by Gasteiger charge is 2.32. The molecular formula is C25H26FN3O6S. The van der Waals surface area contributed by atoms with E-state index < -0.39 is 22.8 Å². The van der Waals surface area contributed by atoms with Crippen LogP contribution in [0, 0.1) is 15.9 Å². The number of carboxylic acid groups (broad SMARTS) is 1. The maximum Gasteiger partial charge on any atom is 0.415 e. The number of hydrogen-bond donors (Lipinski definition) is 1. The number of carbonyl (C=O) groups is 2. The van der Waals surface area contributed by atoms with Crippen molar-refractivity contribution in [2.75, 3.05) is 25.6 Å². The van der Waals surface area contributed by atoms with Gasteiger partial charge in [-0.05, 0) is 44.3 Å². The minimum atomic E-state index is -1.26. The van der Waals surface area contributed by atoms with Gasteiger partial charge in [-0.1, -0.05) is 25.1 Å². The largest absolute Gasteiger partial charge is 0.478 e. The van der Waals surface area contributed by atoms with Gasteiger partial charge in [-0.2, -0.15) is 0 Å². The van der Waals surface area contributed by atoms with Crippen LogP contribution in [0.15, 0.2) is 48.5 Å². The molecule has 11 heteroatoms. The number of benzene rings is 2. The van der Waals surface area contributed by atoms with E-state index in [2.05, 4.69) is 0 Å². The summed E-state index contributed by atoms with van der Waals surface area (Å²) in [5.74, 6) is -1.79. The highest BCUT2D eigenvalue weighted by atomic mass is 32.1. The zero-order valence-corrected chi connectivity index (χ0v) is 20.9. The molecule has 0 bridgehead atoms. The first-order valence-electron chi connectivity index (χ1n) is 11.1. The van der Waals surface area contributed by atoms with E-state index in [-0.39, 0.29) is 41.5 Å². The molecule has 0 aliphatic rings. The second-order valence-electron chi connectivity index (χ2n) is 8.23. The molecule has 0 fully saturated rings. The molecule has 0 spiro atoms. The lowest BCUT2D eigenvalue weighted by Crippen LogP contribution is -2.32. The molecule has 0 saturated heterocycles. The minimum absolute atomic E-state index is 0.0945. The van der Waals surface area contributed by atoms with Gasteiger partial charge < -0.3 is 14.7 Å². The Morgan fingerprint density at radius 3 is 2.33 bits per heavy atom. The van der Waals surface area contributed by atoms with Crippen molar-refractivity contribution in [3.05, 3.63) is 81.2 Å². The summed E-state index contributed by atoms with van der Waals surface area (Å²) in [7, 11) is 3.55. The van der Waals surface area contributed by atoms with Gasteiger partial charge in [0.15, 0.2) is 0 Å². The molecule has 1 aromatic heterocycles. The molecule has 2 aromatic carbocycles. The van der Waals surface area contributed by atoms with Crippen LogP contribution in [0.2, 0.25) is 0 Å². The Hall–Kier alpha value is -3.83. The number of rotatable bonds is 10. The predicted molar refractivity (Wildman–Crippen MR) is 135 cm³/mol. The molecule has 0 atom stereocenters. The normalized spacial score (nSPS) is 10.9. The monoisotopic (exact) mass is 515 g/mol. The Morgan fingerprint density at radius 1 is 1.11 bits per heavy atom. The standard InChI is InChI=1S/C25H26FN3O6S/c1-4-13-35-25(32)28(14-17-7-5-6-8-20(17)26)23-21(24(30)31)19(15-27(2)3)22(36-23)16-9-11-18(12-10-16)29(33)34/h5-12H,4,13-15H2,1-3H3,(H,30,31). The average molecular weight is 516 g/mol. The number of halogens is 1. The zero-order valence-electron chi connectivity index (χ0n) is 20.1. The maximum absolute atomic E-state index is 14.5. The van der Waals surface area contributed by atoms with Crippen molar-refractivity contribution in [1.82, 2.24) is 4.90 Å². The molecule has 9 nitrogen and oxygen atoms in total. The summed E-state index contributed by atoms with van der Waals surface area (Å²) in [5.41, 5.74) is 0.980. The van der Waals surface area contributed by atoms with E-state index in [4.69, 9.17) is 4.74 Å². The zero-order chi connectivity index (χ0) is 26.4. The van der Waals surface area contributed by atoms with Gasteiger partial charge in [0.25, 0.3) is 5.69 Å². The second-order valence-corrected chi connectivity index (χ2v) is 9.23. The van der Waals surface area contributed by atoms with Gasteiger partial charge in [0.1, 0.15) is 10.8 Å². The van der Waals surface area contributed by atoms with Crippen molar-refractivity contribution >= 4 is 34.1 Å². The molecule has 0 unspecified atom stereocenters. The van der Waals surface area contributed by atoms with Crippen LogP contribution in [0.5, 0.6) is 0 Å². The number of nitro groups is 1. The summed E-state index contributed by atoms with van der Waals surface area (Å²) in [4.78, 5) is 39.6. The van der Waals surface area contributed by atoms with Crippen LogP contribution in [0.3, 0.4) is 0 Å². The molecule has 0 saturated carbocycles. The van der Waals surface area contributed by atoms with Crippen LogP contribution in [0.25, 0.3) is 10.4 Å². The van der Waals surface area contributed by atoms with Crippen molar-refractivity contribution < 1.29 is 28.7 Å². The van der Waals surface area contributed by atoms with Gasteiger partial charge in [0, 0.05) is 34.7 Å². The van der Waals surface area contributed by atoms with Gasteiger partial charge in [0.2, 0.25) is 0 Å². The molecule has 3 rings (SSSR count). The van der Waals surface area contributed by atoms with Crippen LogP contribution >= 0.6 is 11.3 Å². The number of ether oxygens (including phenoxy) is 1. The molecule has 3 aromatic rings. The van der Waals surface area contributed by atoms with E-state index in [1.807, 2.05) is 6.92 Å². The van der Waals surface area contributed by atoms with Crippen molar-refractivity contribution in [3.8, 4) is 10.4 Å². The molecule has 1 N–H and O–H groups in total. The lowest BCUT2D eigenvalue weighted by molar-refractivity contribution is -0.384. The molecule has 1 heterocycles. The van der Waals surface area contributed by atoms with Crippen LogP contribution < -0.4 is 4.90 Å². The first-order valence-corrected chi connectivity index (χ1v) is 11.9. The third-order valence-corrected chi connectivity index (χ3v) is 6.50. The van der Waals surface area contributed by atoms with Crippen molar-refractivity contribution in [2.45, 2.75) is 26.4 Å². The quantitative estimate of drug-likeness (QED) is 0.269. The molecular weight excluding hydrogens is 489 g/mol. The predicted octanol–water partition coefficient (Wildman–Crippen LogP) is 5.78. The average Bonchev–Trinajstić information content (AvgIpc) is 3.20. The van der Waals surface area contributed by atoms with E-state index in [9.17, 15) is 29.2 Å². The smallest absolute Gasteiger partial charge is 0.415 e. The number of carboxylic acids is 1. The number of hydrogen-bond acceptors (Lipinski definition) is 7. The van der Waals surface area contributed by atoms with Gasteiger partial charge >= 0.3 is 12.1 Å². The van der Waals surface area contributed by atoms with Crippen LogP contribution in [0.4, 0.5) is 19.9 Å². The van der Waals surface area contributed by atoms with Gasteiger partial charge in [-0.15, -0.1) is 11.3 Å². The molecule has 190 valence electrons. The number of anilines is 1. The fraction of sp³-hybridized carbons (Fsp3) is 0.280. The first kappa shape index (κ1) is 26.8. The number of nitrogens with zero attached hydrogens (tertiary/aromatic N) is 3. The lowest BCUT2D eigenvalue weighted by atomic mass is 10.0. The summed E-state index contributed by atoms with van der Waals surface area (Å²) in [6, 6.07) is 11.7. The summed E-state index contributed by atoms with van der Waals surface area (Å²) < 4.78 is 19.8. The highest BCUT2D eigenvalue weighted by Crippen LogP contribution is 2.44. The topological polar surface area (TPSA) is 113 Å². The van der Waals surface area contributed by atoms with Crippen molar-refractivity contribution in [1.29, 1.82) is 0 Å². The Balaban J connectivity index is 2.22. The number of non-ortho nitro benzene ring substituents is 1. The molecule has 0 aliphatic carbocycles. The van der Waals surface area contributed by atoms with E-state index in [1.165, 1.54) is 42.5 Å². The first-order chi connectivity index (χ1) is 17.1. The number of aromatic carboxylic acids is 1. The molecule has 0 aliphatic heterocycles. The summed E-state index contributed by atoms with van der Waals surface area (Å²) in [6.07, 6.45) is -0.245. The maximum atomic E-state index is 14.5. The molecule has 36 heavy (non-hydrogen) atoms. The second kappa shape index (κ2) is 11.7. The third kappa shape index (κ3) is 6.04. The SMILES string of the molecule is CCCOC(=O)N(Cc1ccccc1F)c1sc(-c2ccc([N+](=O)[O-])cc2)c(CN(C)C)c1C(=O)O. The highest BCUT2D eigenvalue weighted by molar-refractivity contribution is 7.20. The van der Waals surface area contributed by atoms with Crippen LogP contribution in [0.1, 0.15) is 34.8 Å². The Morgan fingerprint density at radius 2 is 1.78 bits per heavy atom. The minimum Gasteiger partial charge on any atom is -0.478 e. The number of amides is 1. The van der Waals surface area contributed by atoms with Crippen LogP contribution in [-0.4, -0.2) is 47.7 Å². The number of carbonyl (C=O) groups excluding carboxylic acids is 1. The van der Waals surface area contributed by atoms with E-state index >= 15 is 0 Å². The van der Waals surface area contributed by atoms with Crippen LogP contribution in [-0.2, 0) is 17.8 Å². The number of nitro benzene ring substituents is 1. The Kier molecular flexibility index (Phi) is 8.73. The van der Waals surface area contributed by atoms with Gasteiger partial charge in [-0.3, -0.25) is 15.0 Å². The lowest BCUT2D eigenvalue weighted by Gasteiger charge is -2.22.